The van der Waals surface area contributed by atoms with E-state index in [-0.39, 0.29) is 0 Å². The van der Waals surface area contributed by atoms with Gasteiger partial charge in [-0.15, -0.1) is 0 Å². The normalized spacial score (nSPS) is 14.1. The molecule has 1 aliphatic rings. The third-order valence-electron chi connectivity index (χ3n) is 5.33. The lowest BCUT2D eigenvalue weighted by molar-refractivity contribution is 0.237. The standard InChI is InChI=1S/C25H25ClN2O/c1-2-19-17-21(8-12-25(19)29-16-15-28-13-3-4-14-28)24-11-7-22(18-27-24)20-5-9-23(26)10-6-20/h2,5-12,17-18H,1,3-4,13-16H2. The summed E-state index contributed by atoms with van der Waals surface area (Å²) in [6.07, 6.45) is 6.34. The minimum absolute atomic E-state index is 0.703. The molecule has 0 radical (unpaired) electrons. The minimum Gasteiger partial charge on any atom is -0.492 e. The van der Waals surface area contributed by atoms with Gasteiger partial charge in [-0.3, -0.25) is 9.88 Å². The zero-order valence-corrected chi connectivity index (χ0v) is 17.2. The Morgan fingerprint density at radius 3 is 2.38 bits per heavy atom. The molecule has 0 bridgehead atoms. The third-order valence-corrected chi connectivity index (χ3v) is 5.58. The summed E-state index contributed by atoms with van der Waals surface area (Å²) in [6, 6.07) is 18.1. The molecule has 0 spiro atoms. The van der Waals surface area contributed by atoms with Gasteiger partial charge in [0.1, 0.15) is 12.4 Å². The van der Waals surface area contributed by atoms with Crippen LogP contribution in [0.25, 0.3) is 28.5 Å². The SMILES string of the molecule is C=Cc1cc(-c2ccc(-c3ccc(Cl)cc3)cn2)ccc1OCCN1CCCC1. The molecular formula is C25H25ClN2O. The fraction of sp³-hybridized carbons (Fsp3) is 0.240. The number of nitrogens with zero attached hydrogens (tertiary/aromatic N) is 2. The maximum absolute atomic E-state index is 6.02. The molecule has 4 heteroatoms. The third kappa shape index (κ3) is 4.87. The summed E-state index contributed by atoms with van der Waals surface area (Å²) in [4.78, 5) is 7.10. The minimum atomic E-state index is 0.703. The predicted molar refractivity (Wildman–Crippen MR) is 121 cm³/mol. The van der Waals surface area contributed by atoms with E-state index in [2.05, 4.69) is 34.7 Å². The average molecular weight is 405 g/mol. The Morgan fingerprint density at radius 2 is 1.69 bits per heavy atom. The lowest BCUT2D eigenvalue weighted by Crippen LogP contribution is -2.25. The van der Waals surface area contributed by atoms with Crippen LogP contribution in [0.15, 0.2) is 67.4 Å². The molecular weight excluding hydrogens is 380 g/mol. The molecule has 1 saturated heterocycles. The van der Waals surface area contributed by atoms with Crippen LogP contribution in [-0.2, 0) is 0 Å². The van der Waals surface area contributed by atoms with Crippen molar-refractivity contribution in [1.82, 2.24) is 9.88 Å². The van der Waals surface area contributed by atoms with Crippen molar-refractivity contribution in [3.63, 3.8) is 0 Å². The van der Waals surface area contributed by atoms with Crippen molar-refractivity contribution in [2.45, 2.75) is 12.8 Å². The Hall–Kier alpha value is -2.62. The molecule has 0 atom stereocenters. The topological polar surface area (TPSA) is 25.4 Å². The van der Waals surface area contributed by atoms with Gasteiger partial charge in [0.05, 0.1) is 5.69 Å². The van der Waals surface area contributed by atoms with Crippen LogP contribution >= 0.6 is 11.6 Å². The summed E-state index contributed by atoms with van der Waals surface area (Å²) in [5, 5.41) is 0.734. The molecule has 148 valence electrons. The first-order chi connectivity index (χ1) is 14.2. The van der Waals surface area contributed by atoms with Gasteiger partial charge >= 0.3 is 0 Å². The highest BCUT2D eigenvalue weighted by molar-refractivity contribution is 6.30. The van der Waals surface area contributed by atoms with Crippen molar-refractivity contribution in [1.29, 1.82) is 0 Å². The fourth-order valence-electron chi connectivity index (χ4n) is 3.67. The number of halogens is 1. The first kappa shape index (κ1) is 19.7. The van der Waals surface area contributed by atoms with E-state index in [0.717, 1.165) is 45.3 Å². The van der Waals surface area contributed by atoms with E-state index in [1.54, 1.807) is 0 Å². The van der Waals surface area contributed by atoms with Gasteiger partial charge in [0.2, 0.25) is 0 Å². The van der Waals surface area contributed by atoms with Crippen molar-refractivity contribution >= 4 is 17.7 Å². The number of hydrogen-bond donors (Lipinski definition) is 0. The van der Waals surface area contributed by atoms with E-state index in [9.17, 15) is 0 Å². The highest BCUT2D eigenvalue weighted by Gasteiger charge is 2.12. The van der Waals surface area contributed by atoms with Gasteiger partial charge in [0, 0.05) is 34.5 Å². The zero-order valence-electron chi connectivity index (χ0n) is 16.5. The van der Waals surface area contributed by atoms with Gasteiger partial charge in [0.15, 0.2) is 0 Å². The molecule has 2 heterocycles. The Bertz CT molecular complexity index is 961. The van der Waals surface area contributed by atoms with Crippen LogP contribution in [0.3, 0.4) is 0 Å². The van der Waals surface area contributed by atoms with Crippen molar-refractivity contribution in [2.24, 2.45) is 0 Å². The number of pyridine rings is 1. The second-order valence-electron chi connectivity index (χ2n) is 7.29. The number of benzene rings is 2. The molecule has 1 aromatic heterocycles. The second kappa shape index (κ2) is 9.25. The average Bonchev–Trinajstić information content (AvgIpc) is 3.28. The van der Waals surface area contributed by atoms with Crippen LogP contribution in [-0.4, -0.2) is 36.1 Å². The smallest absolute Gasteiger partial charge is 0.126 e. The summed E-state index contributed by atoms with van der Waals surface area (Å²) in [6.45, 7) is 8.01. The predicted octanol–water partition coefficient (Wildman–Crippen LogP) is 6.19. The van der Waals surface area contributed by atoms with Gasteiger partial charge in [-0.05, 0) is 67.9 Å². The van der Waals surface area contributed by atoms with Crippen LogP contribution < -0.4 is 4.74 Å². The molecule has 3 nitrogen and oxygen atoms in total. The number of aromatic nitrogens is 1. The first-order valence-corrected chi connectivity index (χ1v) is 10.4. The number of rotatable bonds is 7. The van der Waals surface area contributed by atoms with Gasteiger partial charge in [0.25, 0.3) is 0 Å². The molecule has 29 heavy (non-hydrogen) atoms. The van der Waals surface area contributed by atoms with Crippen molar-refractivity contribution < 1.29 is 4.74 Å². The summed E-state index contributed by atoms with van der Waals surface area (Å²) < 4.78 is 6.02. The quantitative estimate of drug-likeness (QED) is 0.469. The molecule has 0 aliphatic carbocycles. The molecule has 4 rings (SSSR count). The maximum atomic E-state index is 6.02. The molecule has 1 aliphatic heterocycles. The van der Waals surface area contributed by atoms with Crippen molar-refractivity contribution in [3.8, 4) is 28.1 Å². The largest absolute Gasteiger partial charge is 0.492 e. The van der Waals surface area contributed by atoms with Crippen LogP contribution in [0.5, 0.6) is 5.75 Å². The number of hydrogen-bond acceptors (Lipinski definition) is 3. The Balaban J connectivity index is 1.46. The van der Waals surface area contributed by atoms with Crippen LogP contribution in [0, 0.1) is 0 Å². The zero-order chi connectivity index (χ0) is 20.1. The monoisotopic (exact) mass is 404 g/mol. The number of likely N-dealkylation sites (tertiary alicyclic amines) is 1. The van der Waals surface area contributed by atoms with Gasteiger partial charge in [-0.25, -0.2) is 0 Å². The van der Waals surface area contributed by atoms with Crippen molar-refractivity contribution in [2.75, 3.05) is 26.2 Å². The second-order valence-corrected chi connectivity index (χ2v) is 7.73. The molecule has 2 aromatic carbocycles. The van der Waals surface area contributed by atoms with E-state index < -0.39 is 0 Å². The molecule has 0 N–H and O–H groups in total. The van der Waals surface area contributed by atoms with Crippen LogP contribution in [0.1, 0.15) is 18.4 Å². The summed E-state index contributed by atoms with van der Waals surface area (Å²) in [5.74, 6) is 0.876. The lowest BCUT2D eigenvalue weighted by atomic mass is 10.0. The first-order valence-electron chi connectivity index (χ1n) is 10.1. The molecule has 0 unspecified atom stereocenters. The van der Waals surface area contributed by atoms with Crippen LogP contribution in [0.2, 0.25) is 5.02 Å². The van der Waals surface area contributed by atoms with Gasteiger partial charge in [-0.1, -0.05) is 42.5 Å². The Kier molecular flexibility index (Phi) is 6.28. The van der Waals surface area contributed by atoms with E-state index in [1.807, 2.05) is 48.7 Å². The summed E-state index contributed by atoms with van der Waals surface area (Å²) in [5.41, 5.74) is 5.13. The Morgan fingerprint density at radius 1 is 0.966 bits per heavy atom. The highest BCUT2D eigenvalue weighted by atomic mass is 35.5. The van der Waals surface area contributed by atoms with E-state index in [0.29, 0.717) is 6.61 Å². The van der Waals surface area contributed by atoms with Gasteiger partial charge in [-0.2, -0.15) is 0 Å². The molecule has 0 saturated carbocycles. The van der Waals surface area contributed by atoms with E-state index >= 15 is 0 Å². The van der Waals surface area contributed by atoms with Crippen LogP contribution in [0.4, 0.5) is 0 Å². The maximum Gasteiger partial charge on any atom is 0.126 e. The van der Waals surface area contributed by atoms with E-state index in [1.165, 1.54) is 25.9 Å². The highest BCUT2D eigenvalue weighted by Crippen LogP contribution is 2.28. The van der Waals surface area contributed by atoms with Gasteiger partial charge < -0.3 is 4.74 Å². The fourth-order valence-corrected chi connectivity index (χ4v) is 3.79. The summed E-state index contributed by atoms with van der Waals surface area (Å²) in [7, 11) is 0. The molecule has 1 fully saturated rings. The Labute approximate surface area is 177 Å². The summed E-state index contributed by atoms with van der Waals surface area (Å²) >= 11 is 5.97. The molecule has 0 amide bonds. The number of ether oxygens (including phenoxy) is 1. The van der Waals surface area contributed by atoms with Crippen molar-refractivity contribution in [3.05, 3.63) is 78.0 Å². The lowest BCUT2D eigenvalue weighted by Gasteiger charge is -2.16. The molecule has 3 aromatic rings. The van der Waals surface area contributed by atoms with E-state index in [4.69, 9.17) is 16.3 Å².